The van der Waals surface area contributed by atoms with E-state index in [1.807, 2.05) is 6.26 Å². The number of piperidine rings is 1. The van der Waals surface area contributed by atoms with Gasteiger partial charge < -0.3 is 4.42 Å². The van der Waals surface area contributed by atoms with E-state index < -0.39 is 0 Å². The molecule has 1 aromatic rings. The molecule has 2 aliphatic heterocycles. The maximum Gasteiger partial charge on any atom is 0.0982 e. The average Bonchev–Trinajstić information content (AvgIpc) is 3.00. The molecule has 4 rings (SSSR count). The second-order valence-electron chi connectivity index (χ2n) is 6.81. The van der Waals surface area contributed by atoms with Crippen LogP contribution in [-0.4, -0.2) is 18.0 Å². The third kappa shape index (κ3) is 2.91. The molecular weight excluding hydrogens is 282 g/mol. The molecule has 0 spiro atoms. The highest BCUT2D eigenvalue weighted by Gasteiger charge is 2.29. The zero-order valence-electron chi connectivity index (χ0n) is 13.6. The normalized spacial score (nSPS) is 22.5. The summed E-state index contributed by atoms with van der Waals surface area (Å²) in [5.74, 6) is 1.30. The predicted molar refractivity (Wildman–Crippen MR) is 93.6 cm³/mol. The van der Waals surface area contributed by atoms with Gasteiger partial charge in [0.05, 0.1) is 12.5 Å². The van der Waals surface area contributed by atoms with Crippen LogP contribution in [0.3, 0.4) is 0 Å². The molecular formula is C21H23NO. The van der Waals surface area contributed by atoms with Crippen LogP contribution in [0.25, 0.3) is 11.1 Å². The Labute approximate surface area is 138 Å². The molecule has 0 radical (unpaired) electrons. The molecule has 2 unspecified atom stereocenters. The molecule has 0 saturated carbocycles. The monoisotopic (exact) mass is 305 g/mol. The van der Waals surface area contributed by atoms with Crippen molar-refractivity contribution >= 4 is 0 Å². The molecule has 2 heterocycles. The first-order valence-electron chi connectivity index (χ1n) is 8.52. The lowest BCUT2D eigenvalue weighted by molar-refractivity contribution is 0.156. The van der Waals surface area contributed by atoms with Crippen LogP contribution in [0, 0.1) is 5.92 Å². The van der Waals surface area contributed by atoms with Crippen molar-refractivity contribution in [2.75, 3.05) is 13.1 Å². The number of fused-ring (bicyclic) bond motifs is 1. The molecule has 0 aromatic heterocycles. The largest absolute Gasteiger partial charge is 0.472 e. The van der Waals surface area contributed by atoms with Gasteiger partial charge in [-0.25, -0.2) is 0 Å². The van der Waals surface area contributed by atoms with E-state index in [9.17, 15) is 0 Å². The molecule has 3 aliphatic rings. The van der Waals surface area contributed by atoms with Crippen LogP contribution in [-0.2, 0) is 6.54 Å². The van der Waals surface area contributed by atoms with Crippen molar-refractivity contribution in [3.63, 3.8) is 0 Å². The molecule has 0 amide bonds. The zero-order chi connectivity index (χ0) is 15.6. The van der Waals surface area contributed by atoms with E-state index in [4.69, 9.17) is 4.42 Å². The molecule has 0 bridgehead atoms. The van der Waals surface area contributed by atoms with Crippen molar-refractivity contribution in [2.45, 2.75) is 25.8 Å². The van der Waals surface area contributed by atoms with Crippen LogP contribution in [0.4, 0.5) is 0 Å². The van der Waals surface area contributed by atoms with Gasteiger partial charge in [0.25, 0.3) is 0 Å². The Kier molecular flexibility index (Phi) is 3.92. The van der Waals surface area contributed by atoms with Gasteiger partial charge in [-0.3, -0.25) is 4.90 Å². The molecule has 1 aliphatic carbocycles. The number of benzene rings is 1. The smallest absolute Gasteiger partial charge is 0.0982 e. The summed E-state index contributed by atoms with van der Waals surface area (Å²) in [6, 6.07) is 17.4. The molecule has 2 nitrogen and oxygen atoms in total. The van der Waals surface area contributed by atoms with Crippen molar-refractivity contribution in [3.8, 4) is 11.1 Å². The second-order valence-corrected chi connectivity index (χ2v) is 6.81. The fourth-order valence-corrected chi connectivity index (χ4v) is 4.03. The molecule has 23 heavy (non-hydrogen) atoms. The maximum absolute atomic E-state index is 5.41. The van der Waals surface area contributed by atoms with E-state index in [0.29, 0.717) is 11.8 Å². The summed E-state index contributed by atoms with van der Waals surface area (Å²) in [5, 5.41) is 0. The molecule has 2 heteroatoms. The minimum absolute atomic E-state index is 0.636. The predicted octanol–water partition coefficient (Wildman–Crippen LogP) is 5.01. The van der Waals surface area contributed by atoms with Gasteiger partial charge in [0.2, 0.25) is 0 Å². The fourth-order valence-electron chi connectivity index (χ4n) is 4.03. The summed E-state index contributed by atoms with van der Waals surface area (Å²) in [6.45, 7) is 5.78. The SMILES string of the molecule is CC1CN(Cc2ccccc2)CCC1c1ccc2ccocc1-2. The minimum Gasteiger partial charge on any atom is -0.472 e. The van der Waals surface area contributed by atoms with Crippen molar-refractivity contribution in [1.82, 2.24) is 4.90 Å². The van der Waals surface area contributed by atoms with Gasteiger partial charge in [-0.15, -0.1) is 0 Å². The first kappa shape index (κ1) is 14.5. The van der Waals surface area contributed by atoms with E-state index in [-0.39, 0.29) is 0 Å². The number of hydrogen-bond donors (Lipinski definition) is 0. The van der Waals surface area contributed by atoms with Gasteiger partial charge >= 0.3 is 0 Å². The van der Waals surface area contributed by atoms with Crippen molar-refractivity contribution in [3.05, 3.63) is 72.2 Å². The lowest BCUT2D eigenvalue weighted by Gasteiger charge is -2.37. The highest BCUT2D eigenvalue weighted by atomic mass is 16.3. The van der Waals surface area contributed by atoms with Crippen LogP contribution < -0.4 is 0 Å². The van der Waals surface area contributed by atoms with E-state index in [1.54, 1.807) is 6.26 Å². The standard InChI is InChI=1S/C21H23NO/c1-16-13-22(14-17-5-3-2-4-6-17)11-9-19(16)20-8-7-18-10-12-23-15-21(18)20/h2-8,10,12,15-16,19H,9,11,13-14H2,1H3. The summed E-state index contributed by atoms with van der Waals surface area (Å²) in [4.78, 5) is 2.59. The first-order valence-corrected chi connectivity index (χ1v) is 8.52. The molecule has 118 valence electrons. The highest BCUT2D eigenvalue weighted by Crippen LogP contribution is 2.40. The van der Waals surface area contributed by atoms with E-state index in [2.05, 4.69) is 60.4 Å². The van der Waals surface area contributed by atoms with Crippen LogP contribution in [0.15, 0.2) is 65.5 Å². The third-order valence-corrected chi connectivity index (χ3v) is 5.21. The van der Waals surface area contributed by atoms with Gasteiger partial charge in [-0.1, -0.05) is 49.4 Å². The highest BCUT2D eigenvalue weighted by molar-refractivity contribution is 5.70. The Bertz CT molecular complexity index is 733. The third-order valence-electron chi connectivity index (χ3n) is 5.21. The van der Waals surface area contributed by atoms with E-state index in [1.165, 1.54) is 35.2 Å². The van der Waals surface area contributed by atoms with Gasteiger partial charge in [0, 0.05) is 18.7 Å². The van der Waals surface area contributed by atoms with Crippen LogP contribution in [0.5, 0.6) is 0 Å². The van der Waals surface area contributed by atoms with Crippen molar-refractivity contribution in [2.24, 2.45) is 5.92 Å². The van der Waals surface area contributed by atoms with Crippen LogP contribution >= 0.6 is 0 Å². The topological polar surface area (TPSA) is 16.4 Å². The van der Waals surface area contributed by atoms with Crippen molar-refractivity contribution < 1.29 is 4.42 Å². The van der Waals surface area contributed by atoms with E-state index in [0.717, 1.165) is 13.1 Å². The second kappa shape index (κ2) is 6.21. The Hall–Kier alpha value is -2.06. The lowest BCUT2D eigenvalue weighted by Crippen LogP contribution is -2.37. The van der Waals surface area contributed by atoms with Crippen molar-refractivity contribution in [1.29, 1.82) is 0 Å². The van der Waals surface area contributed by atoms with Gasteiger partial charge in [0.1, 0.15) is 0 Å². The Balaban J connectivity index is 1.47. The number of likely N-dealkylation sites (tertiary alicyclic amines) is 1. The number of rotatable bonds is 3. The summed E-state index contributed by atoms with van der Waals surface area (Å²) in [7, 11) is 0. The molecule has 1 fully saturated rings. The summed E-state index contributed by atoms with van der Waals surface area (Å²) in [5.41, 5.74) is 5.47. The molecule has 2 atom stereocenters. The summed E-state index contributed by atoms with van der Waals surface area (Å²) in [6.07, 6.45) is 4.90. The quantitative estimate of drug-likeness (QED) is 0.676. The maximum atomic E-state index is 5.41. The Morgan fingerprint density at radius 1 is 1.09 bits per heavy atom. The molecule has 1 aromatic carbocycles. The van der Waals surface area contributed by atoms with Gasteiger partial charge in [-0.05, 0) is 47.6 Å². The van der Waals surface area contributed by atoms with Gasteiger partial charge in [0.15, 0.2) is 0 Å². The number of hydrogen-bond acceptors (Lipinski definition) is 2. The van der Waals surface area contributed by atoms with Crippen LogP contribution in [0.2, 0.25) is 0 Å². The minimum atomic E-state index is 0.636. The Morgan fingerprint density at radius 2 is 1.96 bits per heavy atom. The molecule has 1 saturated heterocycles. The Morgan fingerprint density at radius 3 is 2.78 bits per heavy atom. The summed E-state index contributed by atoms with van der Waals surface area (Å²) >= 11 is 0. The van der Waals surface area contributed by atoms with Crippen LogP contribution in [0.1, 0.15) is 30.4 Å². The summed E-state index contributed by atoms with van der Waals surface area (Å²) < 4.78 is 5.41. The first-order chi connectivity index (χ1) is 11.3. The zero-order valence-corrected chi connectivity index (χ0v) is 13.6. The average molecular weight is 305 g/mol. The lowest BCUT2D eigenvalue weighted by atomic mass is 9.81. The van der Waals surface area contributed by atoms with E-state index >= 15 is 0 Å². The molecule has 0 N–H and O–H groups in total. The fraction of sp³-hybridized carbons (Fsp3) is 0.333. The van der Waals surface area contributed by atoms with Gasteiger partial charge in [-0.2, -0.15) is 0 Å². The number of nitrogens with zero attached hydrogens (tertiary/aromatic N) is 1.